The van der Waals surface area contributed by atoms with Crippen LogP contribution in [0.2, 0.25) is 0 Å². The molecular weight excluding hydrogens is 429 g/mol. The molecule has 146 valence electrons. The summed E-state index contributed by atoms with van der Waals surface area (Å²) in [5, 5.41) is 7.15. The summed E-state index contributed by atoms with van der Waals surface area (Å²) in [5.74, 6) is 1.56. The van der Waals surface area contributed by atoms with Gasteiger partial charge >= 0.3 is 0 Å². The van der Waals surface area contributed by atoms with Gasteiger partial charge in [0.15, 0.2) is 5.96 Å². The Hall–Kier alpha value is -0.120. The van der Waals surface area contributed by atoms with Crippen molar-refractivity contribution in [3.63, 3.8) is 0 Å². The van der Waals surface area contributed by atoms with Gasteiger partial charge in [0.1, 0.15) is 0 Å². The van der Waals surface area contributed by atoms with Crippen molar-refractivity contribution in [2.45, 2.75) is 51.2 Å². The lowest BCUT2D eigenvalue weighted by molar-refractivity contribution is 0.0320. The van der Waals surface area contributed by atoms with Crippen molar-refractivity contribution in [2.75, 3.05) is 53.0 Å². The Morgan fingerprint density at radius 1 is 1.28 bits per heavy atom. The molecule has 1 saturated carbocycles. The second-order valence-corrected chi connectivity index (χ2v) is 7.83. The highest BCUT2D eigenvalue weighted by atomic mass is 127. The van der Waals surface area contributed by atoms with Crippen LogP contribution >= 0.6 is 24.0 Å². The van der Waals surface area contributed by atoms with E-state index in [2.05, 4.69) is 39.3 Å². The minimum absolute atomic E-state index is 0. The van der Waals surface area contributed by atoms with Gasteiger partial charge in [0.25, 0.3) is 0 Å². The lowest BCUT2D eigenvalue weighted by Gasteiger charge is -2.29. The molecule has 0 aromatic carbocycles. The Kier molecular flexibility index (Phi) is 8.71. The number of nitrogens with zero attached hydrogens (tertiary/aromatic N) is 3. The Morgan fingerprint density at radius 2 is 2.00 bits per heavy atom. The van der Waals surface area contributed by atoms with Gasteiger partial charge in [-0.15, -0.1) is 24.0 Å². The molecule has 2 N–H and O–H groups in total. The van der Waals surface area contributed by atoms with Crippen LogP contribution in [0.25, 0.3) is 0 Å². The molecule has 3 atom stereocenters. The maximum absolute atomic E-state index is 5.42. The van der Waals surface area contributed by atoms with Crippen molar-refractivity contribution in [1.82, 2.24) is 20.4 Å². The molecule has 3 rings (SSSR count). The number of halogens is 1. The highest BCUT2D eigenvalue weighted by Gasteiger charge is 2.38. The number of aliphatic imine (C=N–C) groups is 1. The molecule has 25 heavy (non-hydrogen) atoms. The van der Waals surface area contributed by atoms with Crippen molar-refractivity contribution in [3.8, 4) is 0 Å². The van der Waals surface area contributed by atoms with Gasteiger partial charge in [-0.25, -0.2) is 0 Å². The van der Waals surface area contributed by atoms with E-state index < -0.39 is 0 Å². The largest absolute Gasteiger partial charge is 0.379 e. The zero-order valence-electron chi connectivity index (χ0n) is 16.0. The van der Waals surface area contributed by atoms with E-state index in [1.807, 2.05) is 7.05 Å². The predicted octanol–water partition coefficient (Wildman–Crippen LogP) is 1.36. The molecule has 2 aliphatic heterocycles. The SMILES string of the molecule is CN=C(NCC(C)CN1CCOCC1)NC1CC(C)N(C2CC2)C1.I. The lowest BCUT2D eigenvalue weighted by Crippen LogP contribution is -2.47. The maximum atomic E-state index is 5.42. The summed E-state index contributed by atoms with van der Waals surface area (Å²) in [6, 6.07) is 2.09. The monoisotopic (exact) mass is 465 g/mol. The Labute approximate surface area is 170 Å². The van der Waals surface area contributed by atoms with E-state index in [-0.39, 0.29) is 24.0 Å². The van der Waals surface area contributed by atoms with E-state index in [0.717, 1.165) is 57.9 Å². The summed E-state index contributed by atoms with van der Waals surface area (Å²) in [4.78, 5) is 9.59. The van der Waals surface area contributed by atoms with E-state index in [0.29, 0.717) is 18.0 Å². The van der Waals surface area contributed by atoms with E-state index >= 15 is 0 Å². The molecule has 0 aromatic rings. The fraction of sp³-hybridized carbons (Fsp3) is 0.944. The van der Waals surface area contributed by atoms with E-state index in [1.54, 1.807) is 0 Å². The molecule has 3 fully saturated rings. The van der Waals surface area contributed by atoms with Crippen LogP contribution in [0.4, 0.5) is 0 Å². The number of hydrogen-bond donors (Lipinski definition) is 2. The Bertz CT molecular complexity index is 426. The molecule has 0 bridgehead atoms. The number of likely N-dealkylation sites (tertiary alicyclic amines) is 1. The van der Waals surface area contributed by atoms with E-state index in [4.69, 9.17) is 4.74 Å². The molecule has 3 unspecified atom stereocenters. The van der Waals surface area contributed by atoms with Crippen LogP contribution in [-0.4, -0.2) is 86.9 Å². The number of hydrogen-bond acceptors (Lipinski definition) is 4. The van der Waals surface area contributed by atoms with Crippen LogP contribution in [-0.2, 0) is 4.74 Å². The minimum atomic E-state index is 0. The van der Waals surface area contributed by atoms with Crippen LogP contribution in [0.15, 0.2) is 4.99 Å². The van der Waals surface area contributed by atoms with Gasteiger partial charge in [-0.2, -0.15) is 0 Å². The summed E-state index contributed by atoms with van der Waals surface area (Å²) < 4.78 is 5.42. The average Bonchev–Trinajstić information content (AvgIpc) is 3.36. The van der Waals surface area contributed by atoms with Gasteiger partial charge in [-0.05, 0) is 32.1 Å². The third-order valence-electron chi connectivity index (χ3n) is 5.49. The number of ether oxygens (including phenoxy) is 1. The molecule has 3 aliphatic rings. The second-order valence-electron chi connectivity index (χ2n) is 7.83. The molecule has 0 radical (unpaired) electrons. The maximum Gasteiger partial charge on any atom is 0.191 e. The Balaban J connectivity index is 0.00000225. The summed E-state index contributed by atoms with van der Waals surface area (Å²) in [6.45, 7) is 11.8. The van der Waals surface area contributed by atoms with Crippen molar-refractivity contribution in [2.24, 2.45) is 10.9 Å². The van der Waals surface area contributed by atoms with Crippen molar-refractivity contribution in [3.05, 3.63) is 0 Å². The fourth-order valence-electron chi connectivity index (χ4n) is 4.02. The number of nitrogens with one attached hydrogen (secondary N) is 2. The topological polar surface area (TPSA) is 52.1 Å². The molecule has 0 aromatic heterocycles. The molecule has 0 spiro atoms. The van der Waals surface area contributed by atoms with E-state index in [9.17, 15) is 0 Å². The first-order valence-corrected chi connectivity index (χ1v) is 9.68. The highest BCUT2D eigenvalue weighted by molar-refractivity contribution is 14.0. The first kappa shape index (κ1) is 21.2. The number of guanidine groups is 1. The summed E-state index contributed by atoms with van der Waals surface area (Å²) in [7, 11) is 1.87. The van der Waals surface area contributed by atoms with E-state index in [1.165, 1.54) is 19.3 Å². The molecule has 2 heterocycles. The molecule has 7 heteroatoms. The molecule has 0 amide bonds. The van der Waals surface area contributed by atoms with Gasteiger partial charge in [-0.3, -0.25) is 14.8 Å². The number of morpholine rings is 1. The van der Waals surface area contributed by atoms with Crippen LogP contribution in [0.3, 0.4) is 0 Å². The molecular formula is C18H36IN5O. The van der Waals surface area contributed by atoms with Crippen molar-refractivity contribution < 1.29 is 4.74 Å². The molecule has 2 saturated heterocycles. The van der Waals surface area contributed by atoms with Crippen LogP contribution in [0, 0.1) is 5.92 Å². The van der Waals surface area contributed by atoms with Gasteiger partial charge in [0, 0.05) is 57.9 Å². The van der Waals surface area contributed by atoms with Gasteiger partial charge in [-0.1, -0.05) is 6.92 Å². The Morgan fingerprint density at radius 3 is 2.64 bits per heavy atom. The summed E-state index contributed by atoms with van der Waals surface area (Å²) in [6.07, 6.45) is 4.01. The zero-order chi connectivity index (χ0) is 16.9. The van der Waals surface area contributed by atoms with Crippen molar-refractivity contribution in [1.29, 1.82) is 0 Å². The average molecular weight is 465 g/mol. The smallest absolute Gasteiger partial charge is 0.191 e. The predicted molar refractivity (Wildman–Crippen MR) is 114 cm³/mol. The summed E-state index contributed by atoms with van der Waals surface area (Å²) in [5.41, 5.74) is 0. The first-order valence-electron chi connectivity index (χ1n) is 9.68. The quantitative estimate of drug-likeness (QED) is 0.353. The molecule has 6 nitrogen and oxygen atoms in total. The molecule has 1 aliphatic carbocycles. The third-order valence-corrected chi connectivity index (χ3v) is 5.49. The van der Waals surface area contributed by atoms with Crippen LogP contribution in [0.5, 0.6) is 0 Å². The first-order chi connectivity index (χ1) is 11.7. The van der Waals surface area contributed by atoms with Gasteiger partial charge < -0.3 is 15.4 Å². The summed E-state index contributed by atoms with van der Waals surface area (Å²) >= 11 is 0. The zero-order valence-corrected chi connectivity index (χ0v) is 18.4. The second kappa shape index (κ2) is 10.3. The highest BCUT2D eigenvalue weighted by Crippen LogP contribution is 2.33. The fourth-order valence-corrected chi connectivity index (χ4v) is 4.02. The third kappa shape index (κ3) is 6.52. The lowest BCUT2D eigenvalue weighted by atomic mass is 10.1. The van der Waals surface area contributed by atoms with Crippen molar-refractivity contribution >= 4 is 29.9 Å². The standard InChI is InChI=1S/C18H35N5O.HI/c1-14(12-22-6-8-24-9-7-22)11-20-18(19-3)21-16-10-15(2)23(13-16)17-4-5-17;/h14-17H,4-13H2,1-3H3,(H2,19,20,21);1H. The van der Waals surface area contributed by atoms with Gasteiger partial charge in [0.2, 0.25) is 0 Å². The number of rotatable bonds is 6. The normalized spacial score (nSPS) is 30.0. The van der Waals surface area contributed by atoms with Crippen LogP contribution in [0.1, 0.15) is 33.1 Å². The van der Waals surface area contributed by atoms with Gasteiger partial charge in [0.05, 0.1) is 13.2 Å². The minimum Gasteiger partial charge on any atom is -0.379 e. The van der Waals surface area contributed by atoms with Crippen LogP contribution < -0.4 is 10.6 Å².